The molecular formula is C12H17NO5S. The van der Waals surface area contributed by atoms with Crippen LogP contribution >= 0.6 is 0 Å². The SMILES string of the molecule is CCOCCNS(=O)(=O)c1ccc(C)c(C(=O)O)c1. The van der Waals surface area contributed by atoms with Gasteiger partial charge < -0.3 is 9.84 Å². The van der Waals surface area contributed by atoms with Gasteiger partial charge in [-0.05, 0) is 31.5 Å². The Balaban J connectivity index is 2.89. The van der Waals surface area contributed by atoms with E-state index in [9.17, 15) is 13.2 Å². The van der Waals surface area contributed by atoms with Gasteiger partial charge in [-0.2, -0.15) is 0 Å². The molecule has 0 radical (unpaired) electrons. The van der Waals surface area contributed by atoms with Crippen molar-refractivity contribution in [3.63, 3.8) is 0 Å². The summed E-state index contributed by atoms with van der Waals surface area (Å²) in [6, 6.07) is 4.01. The number of benzene rings is 1. The lowest BCUT2D eigenvalue weighted by Crippen LogP contribution is -2.27. The number of aryl methyl sites for hydroxylation is 1. The molecule has 0 aliphatic rings. The molecule has 2 N–H and O–H groups in total. The maximum atomic E-state index is 11.9. The minimum atomic E-state index is -3.71. The van der Waals surface area contributed by atoms with Crippen molar-refractivity contribution in [2.24, 2.45) is 0 Å². The molecule has 7 heteroatoms. The van der Waals surface area contributed by atoms with Gasteiger partial charge in [0.15, 0.2) is 0 Å². The van der Waals surface area contributed by atoms with E-state index in [2.05, 4.69) is 4.72 Å². The van der Waals surface area contributed by atoms with E-state index in [-0.39, 0.29) is 23.6 Å². The Morgan fingerprint density at radius 2 is 2.11 bits per heavy atom. The van der Waals surface area contributed by atoms with Crippen molar-refractivity contribution in [2.75, 3.05) is 19.8 Å². The molecule has 0 aliphatic heterocycles. The van der Waals surface area contributed by atoms with E-state index >= 15 is 0 Å². The molecule has 0 unspecified atom stereocenters. The Labute approximate surface area is 112 Å². The maximum Gasteiger partial charge on any atom is 0.335 e. The average Bonchev–Trinajstić information content (AvgIpc) is 2.34. The van der Waals surface area contributed by atoms with Gasteiger partial charge in [0.25, 0.3) is 0 Å². The summed E-state index contributed by atoms with van der Waals surface area (Å²) in [6.07, 6.45) is 0. The molecule has 0 aliphatic carbocycles. The number of ether oxygens (including phenoxy) is 1. The maximum absolute atomic E-state index is 11.9. The number of nitrogens with one attached hydrogen (secondary N) is 1. The summed E-state index contributed by atoms with van der Waals surface area (Å²) in [7, 11) is -3.71. The highest BCUT2D eigenvalue weighted by atomic mass is 32.2. The lowest BCUT2D eigenvalue weighted by atomic mass is 10.1. The summed E-state index contributed by atoms with van der Waals surface area (Å²) in [5, 5.41) is 8.97. The van der Waals surface area contributed by atoms with E-state index < -0.39 is 16.0 Å². The van der Waals surface area contributed by atoms with Crippen LogP contribution in [0.4, 0.5) is 0 Å². The molecule has 0 saturated carbocycles. The summed E-state index contributed by atoms with van der Waals surface area (Å²) in [5.41, 5.74) is 0.494. The van der Waals surface area contributed by atoms with Crippen LogP contribution in [0.1, 0.15) is 22.8 Å². The van der Waals surface area contributed by atoms with Gasteiger partial charge >= 0.3 is 5.97 Å². The van der Waals surface area contributed by atoms with Crippen LogP contribution in [0.5, 0.6) is 0 Å². The second-order valence-electron chi connectivity index (χ2n) is 3.88. The molecule has 106 valence electrons. The normalized spacial score (nSPS) is 11.5. The van der Waals surface area contributed by atoms with E-state index in [0.717, 1.165) is 6.07 Å². The molecule has 0 aromatic heterocycles. The number of rotatable bonds is 7. The van der Waals surface area contributed by atoms with Crippen LogP contribution < -0.4 is 4.72 Å². The first-order chi connectivity index (χ1) is 8.88. The number of aromatic carboxylic acids is 1. The van der Waals surface area contributed by atoms with Crippen molar-refractivity contribution in [1.29, 1.82) is 0 Å². The highest BCUT2D eigenvalue weighted by molar-refractivity contribution is 7.89. The highest BCUT2D eigenvalue weighted by Gasteiger charge is 2.17. The minimum Gasteiger partial charge on any atom is -0.478 e. The molecule has 1 aromatic rings. The van der Waals surface area contributed by atoms with Crippen molar-refractivity contribution < 1.29 is 23.1 Å². The fraction of sp³-hybridized carbons (Fsp3) is 0.417. The quantitative estimate of drug-likeness (QED) is 0.730. The molecule has 6 nitrogen and oxygen atoms in total. The van der Waals surface area contributed by atoms with Crippen LogP contribution in [-0.4, -0.2) is 39.3 Å². The molecular weight excluding hydrogens is 270 g/mol. The largest absolute Gasteiger partial charge is 0.478 e. The second kappa shape index (κ2) is 6.65. The van der Waals surface area contributed by atoms with Crippen molar-refractivity contribution in [3.8, 4) is 0 Å². The lowest BCUT2D eigenvalue weighted by molar-refractivity contribution is 0.0696. The Morgan fingerprint density at radius 1 is 1.42 bits per heavy atom. The fourth-order valence-corrected chi connectivity index (χ4v) is 2.51. The van der Waals surface area contributed by atoms with Gasteiger partial charge in [0.05, 0.1) is 17.1 Å². The van der Waals surface area contributed by atoms with Gasteiger partial charge in [-0.15, -0.1) is 0 Å². The third-order valence-corrected chi connectivity index (χ3v) is 3.95. The molecule has 0 spiro atoms. The van der Waals surface area contributed by atoms with E-state index in [0.29, 0.717) is 12.2 Å². The fourth-order valence-electron chi connectivity index (χ4n) is 1.47. The predicted octanol–water partition coefficient (Wildman–Crippen LogP) is 1.01. The zero-order valence-electron chi connectivity index (χ0n) is 10.8. The van der Waals surface area contributed by atoms with Gasteiger partial charge in [0.1, 0.15) is 0 Å². The topological polar surface area (TPSA) is 92.7 Å². The van der Waals surface area contributed by atoms with Gasteiger partial charge in [-0.25, -0.2) is 17.9 Å². The van der Waals surface area contributed by atoms with E-state index in [1.165, 1.54) is 12.1 Å². The van der Waals surface area contributed by atoms with Crippen molar-refractivity contribution in [3.05, 3.63) is 29.3 Å². The third-order valence-electron chi connectivity index (χ3n) is 2.49. The van der Waals surface area contributed by atoms with Crippen LogP contribution in [0.2, 0.25) is 0 Å². The standard InChI is InChI=1S/C12H17NO5S/c1-3-18-7-6-13-19(16,17)10-5-4-9(2)11(8-10)12(14)15/h4-5,8,13H,3,6-7H2,1-2H3,(H,14,15). The van der Waals surface area contributed by atoms with Crippen molar-refractivity contribution in [2.45, 2.75) is 18.7 Å². The zero-order chi connectivity index (χ0) is 14.5. The van der Waals surface area contributed by atoms with Crippen LogP contribution in [0.15, 0.2) is 23.1 Å². The minimum absolute atomic E-state index is 0.0207. The first kappa shape index (κ1) is 15.6. The molecule has 0 atom stereocenters. The Morgan fingerprint density at radius 3 is 2.68 bits per heavy atom. The van der Waals surface area contributed by atoms with Gasteiger partial charge in [-0.3, -0.25) is 0 Å². The Kier molecular flexibility index (Phi) is 5.46. The number of carboxylic acids is 1. The number of sulfonamides is 1. The molecule has 0 fully saturated rings. The zero-order valence-corrected chi connectivity index (χ0v) is 11.7. The molecule has 0 bridgehead atoms. The number of hydrogen-bond acceptors (Lipinski definition) is 4. The molecule has 19 heavy (non-hydrogen) atoms. The summed E-state index contributed by atoms with van der Waals surface area (Å²) in [4.78, 5) is 10.9. The summed E-state index contributed by atoms with van der Waals surface area (Å²) < 4.78 is 31.2. The first-order valence-corrected chi connectivity index (χ1v) is 7.28. The van der Waals surface area contributed by atoms with E-state index in [1.54, 1.807) is 6.92 Å². The summed E-state index contributed by atoms with van der Waals surface area (Å²) in [5.74, 6) is -1.15. The third kappa shape index (κ3) is 4.30. The van der Waals surface area contributed by atoms with Gasteiger partial charge in [0, 0.05) is 13.2 Å². The molecule has 1 rings (SSSR count). The first-order valence-electron chi connectivity index (χ1n) is 5.80. The molecule has 1 aromatic carbocycles. The smallest absolute Gasteiger partial charge is 0.335 e. The van der Waals surface area contributed by atoms with Crippen LogP contribution in [-0.2, 0) is 14.8 Å². The molecule has 0 saturated heterocycles. The average molecular weight is 287 g/mol. The second-order valence-corrected chi connectivity index (χ2v) is 5.64. The Bertz CT molecular complexity index is 553. The number of carbonyl (C=O) groups is 1. The van der Waals surface area contributed by atoms with Crippen LogP contribution in [0.25, 0.3) is 0 Å². The summed E-state index contributed by atoms with van der Waals surface area (Å²) in [6.45, 7) is 4.35. The van der Waals surface area contributed by atoms with Gasteiger partial charge in [-0.1, -0.05) is 6.07 Å². The molecule has 0 amide bonds. The van der Waals surface area contributed by atoms with Gasteiger partial charge in [0.2, 0.25) is 10.0 Å². The lowest BCUT2D eigenvalue weighted by Gasteiger charge is -2.08. The van der Waals surface area contributed by atoms with Crippen LogP contribution in [0, 0.1) is 6.92 Å². The van der Waals surface area contributed by atoms with E-state index in [4.69, 9.17) is 9.84 Å². The Hall–Kier alpha value is -1.44. The molecule has 0 heterocycles. The highest BCUT2D eigenvalue weighted by Crippen LogP contribution is 2.15. The van der Waals surface area contributed by atoms with Crippen molar-refractivity contribution in [1.82, 2.24) is 4.72 Å². The number of hydrogen-bond donors (Lipinski definition) is 2. The van der Waals surface area contributed by atoms with Crippen molar-refractivity contribution >= 4 is 16.0 Å². The number of carboxylic acid groups (broad SMARTS) is 1. The van der Waals surface area contributed by atoms with Crippen LogP contribution in [0.3, 0.4) is 0 Å². The summed E-state index contributed by atoms with van der Waals surface area (Å²) >= 11 is 0. The van der Waals surface area contributed by atoms with E-state index in [1.807, 2.05) is 6.92 Å². The monoisotopic (exact) mass is 287 g/mol. The predicted molar refractivity (Wildman–Crippen MR) is 69.8 cm³/mol.